The van der Waals surface area contributed by atoms with Crippen molar-refractivity contribution in [2.75, 3.05) is 6.54 Å². The predicted molar refractivity (Wildman–Crippen MR) is 175 cm³/mol. The lowest BCUT2D eigenvalue weighted by molar-refractivity contribution is -0.975. The number of carboxylic acid groups (broad SMARTS) is 3. The molecule has 0 fully saturated rings. The zero-order valence-corrected chi connectivity index (χ0v) is 28.3. The van der Waals surface area contributed by atoms with Gasteiger partial charge in [0.15, 0.2) is 12.1 Å². The summed E-state index contributed by atoms with van der Waals surface area (Å²) in [5.41, 5.74) is 0. The highest BCUT2D eigenvalue weighted by molar-refractivity contribution is 5.77. The van der Waals surface area contributed by atoms with Gasteiger partial charge in [0.1, 0.15) is 6.04 Å². The fourth-order valence-electron chi connectivity index (χ4n) is 6.80. The third-order valence-corrected chi connectivity index (χ3v) is 9.08. The second kappa shape index (κ2) is 26.5. The summed E-state index contributed by atoms with van der Waals surface area (Å²) in [7, 11) is 0. The highest BCUT2D eigenvalue weighted by Gasteiger charge is 2.54. The number of carboxylic acids is 3. The van der Waals surface area contributed by atoms with E-state index in [2.05, 4.69) is 19.1 Å². The third-order valence-electron chi connectivity index (χ3n) is 9.08. The van der Waals surface area contributed by atoms with Crippen molar-refractivity contribution >= 4 is 17.9 Å². The van der Waals surface area contributed by atoms with E-state index in [-0.39, 0.29) is 25.8 Å². The number of rotatable bonds is 31. The van der Waals surface area contributed by atoms with Crippen LogP contribution in [0, 0.1) is 0 Å². The summed E-state index contributed by atoms with van der Waals surface area (Å²) < 4.78 is -0.435. The number of nitrogens with zero attached hydrogens (tertiary/aromatic N) is 1. The average Bonchev–Trinajstić information content (AvgIpc) is 2.97. The fourth-order valence-corrected chi connectivity index (χ4v) is 6.80. The summed E-state index contributed by atoms with van der Waals surface area (Å²) >= 11 is 0. The number of unbranched alkanes of at least 4 members (excludes halogenated alkanes) is 15. The van der Waals surface area contributed by atoms with Crippen LogP contribution in [0.5, 0.6) is 0 Å². The first-order valence-electron chi connectivity index (χ1n) is 17.9. The number of hydrogen-bond acceptors (Lipinski definition) is 4. The molecule has 7 heteroatoms. The molecule has 43 heavy (non-hydrogen) atoms. The lowest BCUT2D eigenvalue weighted by atomic mass is 9.91. The lowest BCUT2D eigenvalue weighted by Crippen LogP contribution is -2.74. The Bertz CT molecular complexity index is 692. The molecule has 3 atom stereocenters. The molecule has 3 unspecified atom stereocenters. The van der Waals surface area contributed by atoms with Crippen molar-refractivity contribution in [2.45, 2.75) is 193 Å². The first-order valence-corrected chi connectivity index (χ1v) is 17.9. The Hall–Kier alpha value is -1.89. The molecule has 0 aliphatic heterocycles. The van der Waals surface area contributed by atoms with Gasteiger partial charge in [-0.3, -0.25) is 4.48 Å². The van der Waals surface area contributed by atoms with Crippen LogP contribution < -0.4 is 5.11 Å². The summed E-state index contributed by atoms with van der Waals surface area (Å²) in [6.45, 7) is 8.07. The minimum atomic E-state index is -1.33. The maximum Gasteiger partial charge on any atom is 0.362 e. The average molecular weight is 610 g/mol. The Labute approximate surface area is 264 Å². The zero-order valence-electron chi connectivity index (χ0n) is 28.3. The van der Waals surface area contributed by atoms with Gasteiger partial charge in [-0.2, -0.15) is 0 Å². The minimum absolute atomic E-state index is 0.207. The van der Waals surface area contributed by atoms with Crippen LogP contribution in [0.25, 0.3) is 0 Å². The van der Waals surface area contributed by atoms with Crippen LogP contribution in [-0.2, 0) is 14.4 Å². The van der Waals surface area contributed by atoms with Gasteiger partial charge in [-0.25, -0.2) is 9.59 Å². The van der Waals surface area contributed by atoms with Crippen molar-refractivity contribution in [3.8, 4) is 0 Å². The standard InChI is InChI=1S/C36H67NO6/c1-5-9-10-11-12-13-14-15-16-17-18-19-20-21-22-23-24-25-26-30-37(31(27-6-2)34(38)39,32(28-7-3)35(40)41)33(29-8-4)36(42)43/h15-16,31-33H,5-14,17-30H2,1-4H3,(H2-,38,39,40,41,42,43)/b16-15+. The molecule has 0 aliphatic rings. The van der Waals surface area contributed by atoms with Crippen LogP contribution in [0.4, 0.5) is 0 Å². The van der Waals surface area contributed by atoms with Gasteiger partial charge in [0, 0.05) is 19.3 Å². The van der Waals surface area contributed by atoms with Crippen molar-refractivity contribution in [2.24, 2.45) is 0 Å². The second-order valence-electron chi connectivity index (χ2n) is 12.6. The molecule has 0 saturated heterocycles. The molecule has 0 aliphatic carbocycles. The lowest BCUT2D eigenvalue weighted by Gasteiger charge is -2.52. The topological polar surface area (TPSA) is 115 Å². The van der Waals surface area contributed by atoms with E-state index in [0.29, 0.717) is 25.7 Å². The molecule has 0 rings (SSSR count). The molecule has 0 aromatic carbocycles. The molecule has 0 amide bonds. The number of carbonyl (C=O) groups is 3. The van der Waals surface area contributed by atoms with Crippen LogP contribution in [-0.4, -0.2) is 57.3 Å². The predicted octanol–water partition coefficient (Wildman–Crippen LogP) is 8.44. The maximum absolute atomic E-state index is 12.6. The van der Waals surface area contributed by atoms with Crippen molar-refractivity contribution in [3.05, 3.63) is 12.2 Å². The number of hydrogen-bond donors (Lipinski definition) is 2. The van der Waals surface area contributed by atoms with Gasteiger partial charge < -0.3 is 20.1 Å². The molecule has 0 spiro atoms. The Morgan fingerprint density at radius 1 is 0.535 bits per heavy atom. The van der Waals surface area contributed by atoms with E-state index in [9.17, 15) is 29.7 Å². The molecule has 0 heterocycles. The van der Waals surface area contributed by atoms with Gasteiger partial charge in [-0.05, 0) is 51.4 Å². The van der Waals surface area contributed by atoms with Crippen molar-refractivity contribution in [3.63, 3.8) is 0 Å². The van der Waals surface area contributed by atoms with E-state index in [1.807, 2.05) is 20.8 Å². The van der Waals surface area contributed by atoms with Gasteiger partial charge in [0.2, 0.25) is 0 Å². The van der Waals surface area contributed by atoms with Crippen LogP contribution in [0.2, 0.25) is 0 Å². The molecule has 0 aromatic rings. The van der Waals surface area contributed by atoms with Gasteiger partial charge in [-0.15, -0.1) is 0 Å². The van der Waals surface area contributed by atoms with E-state index in [0.717, 1.165) is 25.7 Å². The summed E-state index contributed by atoms with van der Waals surface area (Å²) in [5, 5.41) is 33.0. The van der Waals surface area contributed by atoms with Gasteiger partial charge in [0.05, 0.1) is 12.5 Å². The summed E-state index contributed by atoms with van der Waals surface area (Å²) in [6, 6.07) is -3.33. The molecule has 0 aromatic heterocycles. The van der Waals surface area contributed by atoms with Crippen molar-refractivity contribution < 1.29 is 34.2 Å². The first kappa shape index (κ1) is 41.1. The van der Waals surface area contributed by atoms with Crippen LogP contribution in [0.15, 0.2) is 12.2 Å². The van der Waals surface area contributed by atoms with E-state index in [1.165, 1.54) is 77.0 Å². The summed E-state index contributed by atoms with van der Waals surface area (Å²) in [4.78, 5) is 37.6. The highest BCUT2D eigenvalue weighted by atomic mass is 16.4. The quantitative estimate of drug-likeness (QED) is 0.0463. The summed E-state index contributed by atoms with van der Waals surface area (Å²) in [5.74, 6) is -3.56. The zero-order chi connectivity index (χ0) is 32.3. The Morgan fingerprint density at radius 2 is 0.884 bits per heavy atom. The molecule has 0 bridgehead atoms. The third kappa shape index (κ3) is 16.7. The maximum atomic E-state index is 12.6. The van der Waals surface area contributed by atoms with E-state index < -0.39 is 40.5 Å². The second-order valence-corrected chi connectivity index (χ2v) is 12.6. The smallest absolute Gasteiger partial charge is 0.362 e. The van der Waals surface area contributed by atoms with E-state index in [4.69, 9.17) is 0 Å². The Balaban J connectivity index is 4.84. The van der Waals surface area contributed by atoms with Gasteiger partial charge >= 0.3 is 11.9 Å². The molecule has 0 radical (unpaired) electrons. The molecular formula is C36H67NO6. The van der Waals surface area contributed by atoms with Crippen LogP contribution in [0.3, 0.4) is 0 Å². The SMILES string of the molecule is CCCCCCCC/C=C/CCCCCCCCCCC[N+](C(CCC)C(=O)[O-])(C(CCC)C(=O)O)C(CCC)C(=O)O. The number of quaternary nitrogens is 1. The molecule has 2 N–H and O–H groups in total. The van der Waals surface area contributed by atoms with Crippen molar-refractivity contribution in [1.82, 2.24) is 0 Å². The molecule has 0 saturated carbocycles. The Morgan fingerprint density at radius 3 is 1.23 bits per heavy atom. The van der Waals surface area contributed by atoms with Gasteiger partial charge in [-0.1, -0.05) is 117 Å². The number of aliphatic carboxylic acids is 3. The molecular weight excluding hydrogens is 542 g/mol. The normalized spacial score (nSPS) is 15.3. The first-order chi connectivity index (χ1) is 20.7. The molecule has 252 valence electrons. The minimum Gasteiger partial charge on any atom is -0.544 e. The Kier molecular flexibility index (Phi) is 25.3. The summed E-state index contributed by atoms with van der Waals surface area (Å²) in [6.07, 6.45) is 27.1. The van der Waals surface area contributed by atoms with Gasteiger partial charge in [0.25, 0.3) is 0 Å². The van der Waals surface area contributed by atoms with Crippen molar-refractivity contribution in [1.29, 1.82) is 0 Å². The number of carbonyl (C=O) groups excluding carboxylic acids is 1. The molecule has 7 nitrogen and oxygen atoms in total. The monoisotopic (exact) mass is 609 g/mol. The van der Waals surface area contributed by atoms with E-state index in [1.54, 1.807) is 0 Å². The van der Waals surface area contributed by atoms with Crippen LogP contribution >= 0.6 is 0 Å². The fraction of sp³-hybridized carbons (Fsp3) is 0.861. The largest absolute Gasteiger partial charge is 0.544 e. The number of allylic oxidation sites excluding steroid dienone is 2. The van der Waals surface area contributed by atoms with Crippen LogP contribution in [0.1, 0.15) is 175 Å². The highest BCUT2D eigenvalue weighted by Crippen LogP contribution is 2.34. The van der Waals surface area contributed by atoms with E-state index >= 15 is 0 Å².